The molecule has 0 aliphatic heterocycles. The van der Waals surface area contributed by atoms with Crippen LogP contribution in [-0.2, 0) is 0 Å². The molecule has 1 aromatic heterocycles. The van der Waals surface area contributed by atoms with Crippen molar-refractivity contribution in [2.75, 3.05) is 6.54 Å². The van der Waals surface area contributed by atoms with Gasteiger partial charge in [-0.15, -0.1) is 0 Å². The Balaban J connectivity index is 2.24. The second-order valence-corrected chi connectivity index (χ2v) is 5.24. The van der Waals surface area contributed by atoms with E-state index in [1.54, 1.807) is 6.07 Å². The van der Waals surface area contributed by atoms with Gasteiger partial charge in [-0.25, -0.2) is 0 Å². The molecule has 1 aromatic rings. The number of carbonyl (C=O) groups excluding carboxylic acids is 1. The zero-order valence-corrected chi connectivity index (χ0v) is 12.6. The van der Waals surface area contributed by atoms with Gasteiger partial charge in [-0.2, -0.15) is 0 Å². The van der Waals surface area contributed by atoms with E-state index in [2.05, 4.69) is 17.2 Å². The maximum absolute atomic E-state index is 11.9. The molecule has 0 aliphatic rings. The Morgan fingerprint density at radius 3 is 2.63 bits per heavy atom. The van der Waals surface area contributed by atoms with Crippen LogP contribution in [0.15, 0.2) is 12.3 Å². The van der Waals surface area contributed by atoms with Gasteiger partial charge in [0.05, 0.1) is 10.6 Å². The number of pyridine rings is 1. The molecule has 0 fully saturated rings. The van der Waals surface area contributed by atoms with Gasteiger partial charge in [-0.3, -0.25) is 9.78 Å². The molecule has 0 atom stereocenters. The van der Waals surface area contributed by atoms with E-state index in [4.69, 9.17) is 11.6 Å². The van der Waals surface area contributed by atoms with Crippen molar-refractivity contribution in [1.82, 2.24) is 10.3 Å². The van der Waals surface area contributed by atoms with Crippen LogP contribution in [0.2, 0.25) is 5.02 Å². The minimum Gasteiger partial charge on any atom is -0.352 e. The minimum atomic E-state index is -0.133. The van der Waals surface area contributed by atoms with E-state index in [9.17, 15) is 4.79 Å². The quantitative estimate of drug-likeness (QED) is 0.728. The monoisotopic (exact) mass is 282 g/mol. The van der Waals surface area contributed by atoms with Crippen molar-refractivity contribution < 1.29 is 4.79 Å². The molecule has 19 heavy (non-hydrogen) atoms. The first-order valence-corrected chi connectivity index (χ1v) is 7.43. The lowest BCUT2D eigenvalue weighted by Gasteiger charge is -2.07. The molecule has 106 valence electrons. The average molecular weight is 283 g/mol. The van der Waals surface area contributed by atoms with Crippen molar-refractivity contribution >= 4 is 17.5 Å². The van der Waals surface area contributed by atoms with Crippen LogP contribution in [0.3, 0.4) is 0 Å². The second-order valence-electron chi connectivity index (χ2n) is 4.83. The van der Waals surface area contributed by atoms with Crippen LogP contribution < -0.4 is 5.32 Å². The number of hydrogen-bond donors (Lipinski definition) is 1. The van der Waals surface area contributed by atoms with Gasteiger partial charge in [0, 0.05) is 18.4 Å². The molecular formula is C15H23ClN2O. The number of rotatable bonds is 8. The van der Waals surface area contributed by atoms with E-state index in [0.717, 1.165) is 12.1 Å². The lowest BCUT2D eigenvalue weighted by Crippen LogP contribution is -2.24. The molecule has 0 unspecified atom stereocenters. The Kier molecular flexibility index (Phi) is 7.49. The molecule has 1 heterocycles. The topological polar surface area (TPSA) is 42.0 Å². The number of aromatic nitrogens is 1. The molecule has 0 spiro atoms. The van der Waals surface area contributed by atoms with E-state index in [0.29, 0.717) is 17.1 Å². The van der Waals surface area contributed by atoms with Crippen LogP contribution in [0.1, 0.15) is 61.5 Å². The summed E-state index contributed by atoms with van der Waals surface area (Å²) in [6.45, 7) is 4.76. The highest BCUT2D eigenvalue weighted by Crippen LogP contribution is 2.15. The van der Waals surface area contributed by atoms with Gasteiger partial charge in [-0.1, -0.05) is 50.6 Å². The van der Waals surface area contributed by atoms with Crippen molar-refractivity contribution in [3.63, 3.8) is 0 Å². The van der Waals surface area contributed by atoms with Gasteiger partial charge in [0.15, 0.2) is 0 Å². The van der Waals surface area contributed by atoms with Crippen molar-refractivity contribution in [3.05, 3.63) is 28.5 Å². The number of amides is 1. The van der Waals surface area contributed by atoms with Crippen LogP contribution in [0.25, 0.3) is 0 Å². The smallest absolute Gasteiger partial charge is 0.254 e. The highest BCUT2D eigenvalue weighted by Gasteiger charge is 2.10. The number of unbranched alkanes of at least 4 members (excludes halogenated alkanes) is 5. The highest BCUT2D eigenvalue weighted by molar-refractivity contribution is 6.33. The number of nitrogens with zero attached hydrogens (tertiary/aromatic N) is 1. The molecule has 1 N–H and O–H groups in total. The van der Waals surface area contributed by atoms with E-state index >= 15 is 0 Å². The van der Waals surface area contributed by atoms with Crippen molar-refractivity contribution in [2.45, 2.75) is 52.4 Å². The van der Waals surface area contributed by atoms with Crippen LogP contribution in [-0.4, -0.2) is 17.4 Å². The summed E-state index contributed by atoms with van der Waals surface area (Å²) in [6.07, 6.45) is 8.82. The van der Waals surface area contributed by atoms with E-state index in [1.165, 1.54) is 38.3 Å². The van der Waals surface area contributed by atoms with Crippen molar-refractivity contribution in [2.24, 2.45) is 0 Å². The fourth-order valence-electron chi connectivity index (χ4n) is 1.90. The predicted molar refractivity (Wildman–Crippen MR) is 79.7 cm³/mol. The van der Waals surface area contributed by atoms with E-state index in [-0.39, 0.29) is 5.91 Å². The molecule has 0 aromatic carbocycles. The maximum atomic E-state index is 11.9. The normalized spacial score (nSPS) is 10.5. The Morgan fingerprint density at radius 1 is 1.26 bits per heavy atom. The van der Waals surface area contributed by atoms with Gasteiger partial charge in [0.25, 0.3) is 5.91 Å². The predicted octanol–water partition coefficient (Wildman–Crippen LogP) is 4.13. The van der Waals surface area contributed by atoms with Crippen LogP contribution in [0, 0.1) is 6.92 Å². The summed E-state index contributed by atoms with van der Waals surface area (Å²) in [5, 5.41) is 3.35. The Labute approximate surface area is 120 Å². The number of aryl methyl sites for hydroxylation is 1. The largest absolute Gasteiger partial charge is 0.352 e. The lowest BCUT2D eigenvalue weighted by atomic mass is 10.1. The molecular weight excluding hydrogens is 260 g/mol. The highest BCUT2D eigenvalue weighted by atomic mass is 35.5. The van der Waals surface area contributed by atoms with Crippen LogP contribution >= 0.6 is 11.6 Å². The lowest BCUT2D eigenvalue weighted by molar-refractivity contribution is 0.0952. The first-order valence-electron chi connectivity index (χ1n) is 7.05. The van der Waals surface area contributed by atoms with E-state index < -0.39 is 0 Å². The number of nitrogens with one attached hydrogen (secondary N) is 1. The van der Waals surface area contributed by atoms with Gasteiger partial charge < -0.3 is 5.32 Å². The Morgan fingerprint density at radius 2 is 1.95 bits per heavy atom. The van der Waals surface area contributed by atoms with Crippen LogP contribution in [0.4, 0.5) is 0 Å². The standard InChI is InChI=1S/C15H23ClN2O/c1-3-4-5-6-7-8-9-17-15(19)13-11-18-12(2)10-14(13)16/h10-11H,3-9H2,1-2H3,(H,17,19). The molecule has 3 nitrogen and oxygen atoms in total. The summed E-state index contributed by atoms with van der Waals surface area (Å²) in [5.74, 6) is -0.133. The third-order valence-electron chi connectivity index (χ3n) is 3.05. The molecule has 4 heteroatoms. The molecule has 0 radical (unpaired) electrons. The van der Waals surface area contributed by atoms with Gasteiger partial charge in [0.2, 0.25) is 0 Å². The van der Waals surface area contributed by atoms with Crippen LogP contribution in [0.5, 0.6) is 0 Å². The molecule has 0 saturated carbocycles. The maximum Gasteiger partial charge on any atom is 0.254 e. The molecule has 0 bridgehead atoms. The fourth-order valence-corrected chi connectivity index (χ4v) is 2.19. The molecule has 0 aliphatic carbocycles. The van der Waals surface area contributed by atoms with Gasteiger partial charge in [0.1, 0.15) is 0 Å². The third kappa shape index (κ3) is 6.06. The number of halogens is 1. The Bertz CT molecular complexity index is 407. The fraction of sp³-hybridized carbons (Fsp3) is 0.600. The summed E-state index contributed by atoms with van der Waals surface area (Å²) in [5.41, 5.74) is 1.27. The van der Waals surface area contributed by atoms with Gasteiger partial charge in [-0.05, 0) is 19.4 Å². The zero-order chi connectivity index (χ0) is 14.1. The second kappa shape index (κ2) is 8.92. The third-order valence-corrected chi connectivity index (χ3v) is 3.36. The van der Waals surface area contributed by atoms with Gasteiger partial charge >= 0.3 is 0 Å². The average Bonchev–Trinajstić information content (AvgIpc) is 2.37. The van der Waals surface area contributed by atoms with Crippen molar-refractivity contribution in [3.8, 4) is 0 Å². The number of hydrogen-bond acceptors (Lipinski definition) is 2. The first kappa shape index (κ1) is 16.0. The summed E-state index contributed by atoms with van der Waals surface area (Å²) >= 11 is 6.02. The van der Waals surface area contributed by atoms with Crippen molar-refractivity contribution in [1.29, 1.82) is 0 Å². The molecule has 0 saturated heterocycles. The summed E-state index contributed by atoms with van der Waals surface area (Å²) < 4.78 is 0. The minimum absolute atomic E-state index is 0.133. The summed E-state index contributed by atoms with van der Waals surface area (Å²) in [7, 11) is 0. The first-order chi connectivity index (χ1) is 9.15. The summed E-state index contributed by atoms with van der Waals surface area (Å²) in [6, 6.07) is 1.71. The molecule has 1 amide bonds. The van der Waals surface area contributed by atoms with E-state index in [1.807, 2.05) is 6.92 Å². The molecule has 1 rings (SSSR count). The summed E-state index contributed by atoms with van der Waals surface area (Å²) in [4.78, 5) is 16.0. The SMILES string of the molecule is CCCCCCCCNC(=O)c1cnc(C)cc1Cl. The Hall–Kier alpha value is -1.09. The zero-order valence-electron chi connectivity index (χ0n) is 11.8. The number of carbonyl (C=O) groups is 1.